The summed E-state index contributed by atoms with van der Waals surface area (Å²) < 4.78 is 24.9. The number of methoxy groups -OCH3 is 2. The lowest BCUT2D eigenvalue weighted by atomic mass is 10.3. The maximum absolute atomic E-state index is 12.9. The highest BCUT2D eigenvalue weighted by Gasteiger charge is 2.25. The molecular weight excluding hydrogens is 366 g/mol. The highest BCUT2D eigenvalue weighted by Crippen LogP contribution is 2.32. The van der Waals surface area contributed by atoms with E-state index >= 15 is 0 Å². The third-order valence-electron chi connectivity index (χ3n) is 3.65. The summed E-state index contributed by atoms with van der Waals surface area (Å²) in [6.07, 6.45) is 1.56. The van der Waals surface area contributed by atoms with Crippen LogP contribution in [0.5, 0.6) is 11.5 Å². The molecule has 0 aliphatic carbocycles. The fourth-order valence-corrected chi connectivity index (χ4v) is 3.88. The van der Waals surface area contributed by atoms with E-state index in [1.165, 1.54) is 18.8 Å². The van der Waals surface area contributed by atoms with Crippen LogP contribution >= 0.6 is 11.6 Å². The number of halogens is 1. The van der Waals surface area contributed by atoms with Gasteiger partial charge in [-0.15, -0.1) is 0 Å². The number of benzene rings is 1. The Morgan fingerprint density at radius 1 is 1.28 bits per heavy atom. The van der Waals surface area contributed by atoms with Gasteiger partial charge >= 0.3 is 5.16 Å². The first-order chi connectivity index (χ1) is 12.1. The third-order valence-corrected chi connectivity index (χ3v) is 5.14. The van der Waals surface area contributed by atoms with Crippen LogP contribution in [0.1, 0.15) is 5.69 Å². The molecule has 0 amide bonds. The van der Waals surface area contributed by atoms with Crippen LogP contribution in [0.3, 0.4) is 0 Å². The second kappa shape index (κ2) is 7.49. The van der Waals surface area contributed by atoms with Crippen molar-refractivity contribution in [1.82, 2.24) is 14.5 Å². The molecule has 1 aromatic carbocycles. The number of pyridine rings is 1. The van der Waals surface area contributed by atoms with E-state index in [1.54, 1.807) is 30.5 Å². The number of nitrogens with zero attached hydrogens (tertiary/aromatic N) is 3. The Kier molecular flexibility index (Phi) is 5.33. The molecule has 132 valence electrons. The van der Waals surface area contributed by atoms with Crippen molar-refractivity contribution < 1.29 is 19.1 Å². The van der Waals surface area contributed by atoms with Gasteiger partial charge in [0.05, 0.1) is 25.3 Å². The zero-order valence-corrected chi connectivity index (χ0v) is 15.2. The summed E-state index contributed by atoms with van der Waals surface area (Å²) in [5.74, 6) is 0.997. The second-order valence-corrected chi connectivity index (χ2v) is 6.86. The molecule has 2 heterocycles. The van der Waals surface area contributed by atoms with Gasteiger partial charge in [-0.25, -0.2) is 0 Å². The van der Waals surface area contributed by atoms with Crippen LogP contribution < -0.4 is 9.47 Å². The Morgan fingerprint density at radius 2 is 2.08 bits per heavy atom. The van der Waals surface area contributed by atoms with Crippen LogP contribution in [0.2, 0.25) is 5.02 Å². The van der Waals surface area contributed by atoms with Gasteiger partial charge in [-0.1, -0.05) is 11.6 Å². The Bertz CT molecular complexity index is 902. The van der Waals surface area contributed by atoms with Gasteiger partial charge in [0.2, 0.25) is 0 Å². The Morgan fingerprint density at radius 3 is 2.76 bits per heavy atom. The number of hydrogen-bond donors (Lipinski definition) is 1. The number of aliphatic hydroxyl groups excluding tert-OH is 1. The molecule has 0 radical (unpaired) electrons. The lowest BCUT2D eigenvalue weighted by Gasteiger charge is -2.14. The summed E-state index contributed by atoms with van der Waals surface area (Å²) in [6.45, 7) is -0.361. The zero-order chi connectivity index (χ0) is 18.0. The molecule has 0 fully saturated rings. The van der Waals surface area contributed by atoms with Gasteiger partial charge in [0.1, 0.15) is 12.4 Å². The first-order valence-electron chi connectivity index (χ1n) is 7.30. The molecule has 0 aliphatic rings. The predicted molar refractivity (Wildman–Crippen MR) is 94.4 cm³/mol. The van der Waals surface area contributed by atoms with Gasteiger partial charge in [0.15, 0.2) is 17.3 Å². The highest BCUT2D eigenvalue weighted by molar-refractivity contribution is 7.90. The molecule has 7 nitrogen and oxygen atoms in total. The Hall–Kier alpha value is -2.00. The SMILES string of the molecule is COc1ccnc(C[S+]([O-])c2nc3ccc(Cl)cc3n2CO)c1OC. The van der Waals surface area contributed by atoms with Crippen molar-refractivity contribution in [2.24, 2.45) is 0 Å². The lowest BCUT2D eigenvalue weighted by Crippen LogP contribution is -2.14. The summed E-state index contributed by atoms with van der Waals surface area (Å²) in [5, 5.41) is 10.4. The van der Waals surface area contributed by atoms with Crippen LogP contribution in [-0.2, 0) is 23.7 Å². The maximum atomic E-state index is 12.9. The van der Waals surface area contributed by atoms with E-state index in [0.717, 1.165) is 0 Å². The molecule has 0 saturated heterocycles. The van der Waals surface area contributed by atoms with E-state index in [4.69, 9.17) is 21.1 Å². The van der Waals surface area contributed by atoms with Crippen molar-refractivity contribution in [3.05, 3.63) is 41.2 Å². The third kappa shape index (κ3) is 3.38. The number of aromatic nitrogens is 3. The van der Waals surface area contributed by atoms with Crippen molar-refractivity contribution in [2.45, 2.75) is 17.6 Å². The molecule has 2 aromatic heterocycles. The fraction of sp³-hybridized carbons (Fsp3) is 0.250. The van der Waals surface area contributed by atoms with Gasteiger partial charge in [0.25, 0.3) is 0 Å². The summed E-state index contributed by atoms with van der Waals surface area (Å²) in [7, 11) is 3.02. The van der Waals surface area contributed by atoms with Crippen molar-refractivity contribution >= 4 is 33.8 Å². The molecule has 0 spiro atoms. The van der Waals surface area contributed by atoms with E-state index in [2.05, 4.69) is 9.97 Å². The first-order valence-corrected chi connectivity index (χ1v) is 8.99. The van der Waals surface area contributed by atoms with Gasteiger partial charge in [-0.2, -0.15) is 4.98 Å². The minimum atomic E-state index is -1.56. The smallest absolute Gasteiger partial charge is 0.326 e. The molecule has 1 unspecified atom stereocenters. The summed E-state index contributed by atoms with van der Waals surface area (Å²) >= 11 is 4.44. The molecule has 3 aromatic rings. The largest absolute Gasteiger partial charge is 0.609 e. The molecule has 0 aliphatic heterocycles. The van der Waals surface area contributed by atoms with Crippen molar-refractivity contribution in [3.63, 3.8) is 0 Å². The normalized spacial score (nSPS) is 12.4. The van der Waals surface area contributed by atoms with Crippen LogP contribution in [-0.4, -0.2) is 38.4 Å². The second-order valence-electron chi connectivity index (χ2n) is 5.08. The molecular formula is C16H16ClN3O4S. The lowest BCUT2D eigenvalue weighted by molar-refractivity contribution is 0.203. The molecule has 3 rings (SSSR count). The summed E-state index contributed by atoms with van der Waals surface area (Å²) in [4.78, 5) is 8.59. The first kappa shape index (κ1) is 17.8. The number of aliphatic hydroxyl groups is 1. The monoisotopic (exact) mass is 381 g/mol. The van der Waals surface area contributed by atoms with Crippen molar-refractivity contribution in [3.8, 4) is 11.5 Å². The molecule has 1 atom stereocenters. The van der Waals surface area contributed by atoms with E-state index in [0.29, 0.717) is 33.2 Å². The van der Waals surface area contributed by atoms with Crippen LogP contribution in [0, 0.1) is 0 Å². The summed E-state index contributed by atoms with van der Waals surface area (Å²) in [6, 6.07) is 6.74. The average Bonchev–Trinajstić information content (AvgIpc) is 2.99. The minimum absolute atomic E-state index is 0.0669. The molecule has 0 bridgehead atoms. The molecule has 9 heteroatoms. The van der Waals surface area contributed by atoms with Crippen LogP contribution in [0.15, 0.2) is 35.6 Å². The van der Waals surface area contributed by atoms with Crippen molar-refractivity contribution in [1.29, 1.82) is 0 Å². The number of hydrogen-bond acceptors (Lipinski definition) is 6. The van der Waals surface area contributed by atoms with Gasteiger partial charge in [-0.05, 0) is 18.2 Å². The quantitative estimate of drug-likeness (QED) is 0.659. The molecule has 0 saturated carbocycles. The fourth-order valence-electron chi connectivity index (χ4n) is 2.53. The maximum Gasteiger partial charge on any atom is 0.326 e. The van der Waals surface area contributed by atoms with Gasteiger partial charge in [0, 0.05) is 28.5 Å². The number of rotatable bonds is 6. The molecule has 1 N–H and O–H groups in total. The Labute approximate surface area is 152 Å². The number of fused-ring (bicyclic) bond motifs is 1. The van der Waals surface area contributed by atoms with Crippen LogP contribution in [0.4, 0.5) is 0 Å². The van der Waals surface area contributed by atoms with Crippen molar-refractivity contribution in [2.75, 3.05) is 14.2 Å². The standard InChI is InChI=1S/C16H16ClN3O4S/c1-23-14-5-6-18-12(15(14)24-2)8-25(22)16-19-11-4-3-10(17)7-13(11)20(16)9-21/h3-7,21H,8-9H2,1-2H3. The Balaban J connectivity index is 1.99. The average molecular weight is 382 g/mol. The number of ether oxygens (including phenoxy) is 2. The zero-order valence-electron chi connectivity index (χ0n) is 13.6. The van der Waals surface area contributed by atoms with E-state index < -0.39 is 11.2 Å². The summed E-state index contributed by atoms with van der Waals surface area (Å²) in [5.41, 5.74) is 1.70. The highest BCUT2D eigenvalue weighted by atomic mass is 35.5. The van der Waals surface area contributed by atoms with Crippen LogP contribution in [0.25, 0.3) is 11.0 Å². The van der Waals surface area contributed by atoms with Gasteiger partial charge in [-0.3, -0.25) is 9.55 Å². The minimum Gasteiger partial charge on any atom is -0.609 e. The van der Waals surface area contributed by atoms with Gasteiger partial charge < -0.3 is 19.1 Å². The van der Waals surface area contributed by atoms with E-state index in [-0.39, 0.29) is 17.6 Å². The van der Waals surface area contributed by atoms with E-state index in [9.17, 15) is 9.66 Å². The number of imidazole rings is 1. The van der Waals surface area contributed by atoms with E-state index in [1.807, 2.05) is 0 Å². The topological polar surface area (TPSA) is 92.5 Å². The molecule has 25 heavy (non-hydrogen) atoms. The predicted octanol–water partition coefficient (Wildman–Crippen LogP) is 2.36.